The number of piperidine rings is 1. The Bertz CT molecular complexity index is 1100. The van der Waals surface area contributed by atoms with Gasteiger partial charge in [0.1, 0.15) is 11.6 Å². The normalized spacial score (nSPS) is 17.9. The number of nitrogens with zero attached hydrogens (tertiary/aromatic N) is 4. The van der Waals surface area contributed by atoms with E-state index in [1.807, 2.05) is 25.3 Å². The number of ether oxygens (including phenoxy) is 1. The zero-order chi connectivity index (χ0) is 20.4. The van der Waals surface area contributed by atoms with E-state index in [1.54, 1.807) is 41.0 Å². The number of benzene rings is 1. The molecule has 1 aromatic carbocycles. The highest BCUT2D eigenvalue weighted by Gasteiger charge is 2.32. The molecule has 0 amide bonds. The van der Waals surface area contributed by atoms with E-state index in [9.17, 15) is 8.42 Å². The maximum absolute atomic E-state index is 13.2. The van der Waals surface area contributed by atoms with Crippen molar-refractivity contribution in [3.63, 3.8) is 0 Å². The van der Waals surface area contributed by atoms with Crippen LogP contribution in [0.1, 0.15) is 24.6 Å². The van der Waals surface area contributed by atoms with E-state index in [1.165, 1.54) is 7.11 Å². The van der Waals surface area contributed by atoms with Gasteiger partial charge >= 0.3 is 0 Å². The minimum absolute atomic E-state index is 0.0230. The number of aryl methyl sites for hydroxylation is 1. The van der Waals surface area contributed by atoms with Gasteiger partial charge in [0.25, 0.3) is 0 Å². The van der Waals surface area contributed by atoms with E-state index in [0.717, 1.165) is 29.9 Å². The molecular weight excluding hydrogens is 388 g/mol. The number of rotatable bonds is 5. The van der Waals surface area contributed by atoms with Crippen LogP contribution < -0.4 is 4.74 Å². The van der Waals surface area contributed by atoms with Crippen LogP contribution >= 0.6 is 0 Å². The van der Waals surface area contributed by atoms with Gasteiger partial charge in [-0.3, -0.25) is 4.98 Å². The third kappa shape index (κ3) is 3.77. The fourth-order valence-corrected chi connectivity index (χ4v) is 5.43. The number of imidazole rings is 1. The molecule has 0 N–H and O–H groups in total. The Morgan fingerprint density at radius 1 is 1.17 bits per heavy atom. The van der Waals surface area contributed by atoms with Crippen molar-refractivity contribution in [2.75, 3.05) is 20.2 Å². The first kappa shape index (κ1) is 19.6. The number of aromatic nitrogens is 3. The minimum Gasteiger partial charge on any atom is -0.497 e. The lowest BCUT2D eigenvalue weighted by Crippen LogP contribution is -2.41. The Balaban J connectivity index is 1.65. The Morgan fingerprint density at radius 3 is 2.72 bits per heavy atom. The summed E-state index contributed by atoms with van der Waals surface area (Å²) in [6, 6.07) is 10.5. The molecule has 3 heterocycles. The fraction of sp³-hybridized carbons (Fsp3) is 0.333. The summed E-state index contributed by atoms with van der Waals surface area (Å²) in [5, 5.41) is 0. The molecule has 7 nitrogen and oxygen atoms in total. The minimum atomic E-state index is -3.60. The second-order valence-corrected chi connectivity index (χ2v) is 9.11. The molecule has 152 valence electrons. The Hall–Kier alpha value is -2.71. The van der Waals surface area contributed by atoms with E-state index in [4.69, 9.17) is 4.74 Å². The maximum Gasteiger partial charge on any atom is 0.243 e. The van der Waals surface area contributed by atoms with Gasteiger partial charge in [-0.05, 0) is 44.0 Å². The standard InChI is InChI=1S/C21H24N4O3S/c1-16-14-23-21(17-8-10-22-11-9-17)25(16)18-5-4-12-24(15-18)29(26,27)20-7-3-6-19(13-20)28-2/h3,6-11,13-14,18H,4-5,12,15H2,1-2H3. The zero-order valence-electron chi connectivity index (χ0n) is 16.5. The summed E-state index contributed by atoms with van der Waals surface area (Å²) in [6.45, 7) is 2.93. The van der Waals surface area contributed by atoms with Gasteiger partial charge in [-0.2, -0.15) is 4.31 Å². The molecule has 1 aliphatic rings. The van der Waals surface area contributed by atoms with Crippen LogP contribution in [0.2, 0.25) is 0 Å². The summed E-state index contributed by atoms with van der Waals surface area (Å²) in [4.78, 5) is 8.92. The number of hydrogen-bond acceptors (Lipinski definition) is 5. The highest BCUT2D eigenvalue weighted by Crippen LogP contribution is 2.32. The fourth-order valence-electron chi connectivity index (χ4n) is 3.88. The van der Waals surface area contributed by atoms with Crippen molar-refractivity contribution in [1.82, 2.24) is 18.8 Å². The molecule has 3 aromatic rings. The van der Waals surface area contributed by atoms with Crippen molar-refractivity contribution < 1.29 is 13.2 Å². The van der Waals surface area contributed by atoms with E-state index in [-0.39, 0.29) is 10.9 Å². The van der Waals surface area contributed by atoms with Crippen LogP contribution in [0.15, 0.2) is 59.9 Å². The maximum atomic E-state index is 13.2. The third-order valence-electron chi connectivity index (χ3n) is 5.32. The molecule has 8 heteroatoms. The molecule has 0 spiro atoms. The lowest BCUT2D eigenvalue weighted by Gasteiger charge is -2.34. The van der Waals surface area contributed by atoms with Crippen LogP contribution in [0.25, 0.3) is 11.4 Å². The van der Waals surface area contributed by atoms with Crippen molar-refractivity contribution in [2.24, 2.45) is 0 Å². The SMILES string of the molecule is COc1cccc(S(=O)(=O)N2CCCC(n3c(C)cnc3-c3ccncc3)C2)c1. The molecule has 1 atom stereocenters. The number of pyridine rings is 1. The van der Waals surface area contributed by atoms with Crippen LogP contribution in [0.5, 0.6) is 5.75 Å². The first-order chi connectivity index (χ1) is 14.0. The molecule has 4 rings (SSSR count). The highest BCUT2D eigenvalue weighted by atomic mass is 32.2. The van der Waals surface area contributed by atoms with Crippen LogP contribution in [0.3, 0.4) is 0 Å². The first-order valence-electron chi connectivity index (χ1n) is 9.59. The molecule has 1 aliphatic heterocycles. The Kier molecular flexibility index (Phi) is 5.38. The van der Waals surface area contributed by atoms with Gasteiger partial charge in [0.05, 0.1) is 12.0 Å². The van der Waals surface area contributed by atoms with Crippen molar-refractivity contribution in [3.05, 3.63) is 60.7 Å². The molecule has 1 saturated heterocycles. The largest absolute Gasteiger partial charge is 0.497 e. The molecule has 1 unspecified atom stereocenters. The van der Waals surface area contributed by atoms with Crippen molar-refractivity contribution in [3.8, 4) is 17.1 Å². The smallest absolute Gasteiger partial charge is 0.243 e. The van der Waals surface area contributed by atoms with Gasteiger partial charge in [-0.1, -0.05) is 6.07 Å². The van der Waals surface area contributed by atoms with Crippen molar-refractivity contribution in [1.29, 1.82) is 0 Å². The summed E-state index contributed by atoms with van der Waals surface area (Å²) in [5.74, 6) is 1.38. The summed E-state index contributed by atoms with van der Waals surface area (Å²) in [6.07, 6.45) is 7.01. The number of hydrogen-bond donors (Lipinski definition) is 0. The quantitative estimate of drug-likeness (QED) is 0.643. The van der Waals surface area contributed by atoms with Crippen molar-refractivity contribution >= 4 is 10.0 Å². The van der Waals surface area contributed by atoms with Gasteiger partial charge in [-0.15, -0.1) is 0 Å². The molecular formula is C21H24N4O3S. The van der Waals surface area contributed by atoms with Gasteiger partial charge < -0.3 is 9.30 Å². The molecule has 0 bridgehead atoms. The van der Waals surface area contributed by atoms with E-state index >= 15 is 0 Å². The van der Waals surface area contributed by atoms with Crippen LogP contribution in [-0.4, -0.2) is 47.5 Å². The topological polar surface area (TPSA) is 77.3 Å². The average Bonchev–Trinajstić information content (AvgIpc) is 3.16. The summed E-state index contributed by atoms with van der Waals surface area (Å²) in [5.41, 5.74) is 1.99. The molecule has 2 aromatic heterocycles. The summed E-state index contributed by atoms with van der Waals surface area (Å²) < 4.78 is 35.4. The van der Waals surface area contributed by atoms with E-state index in [2.05, 4.69) is 14.5 Å². The Labute approximate surface area is 171 Å². The molecule has 0 aliphatic carbocycles. The molecule has 29 heavy (non-hydrogen) atoms. The van der Waals surface area contributed by atoms with Crippen LogP contribution in [-0.2, 0) is 10.0 Å². The molecule has 0 radical (unpaired) electrons. The number of methoxy groups -OCH3 is 1. The zero-order valence-corrected chi connectivity index (χ0v) is 17.3. The third-order valence-corrected chi connectivity index (χ3v) is 7.18. The van der Waals surface area contributed by atoms with Gasteiger partial charge in [0.2, 0.25) is 10.0 Å². The second-order valence-electron chi connectivity index (χ2n) is 7.17. The van der Waals surface area contributed by atoms with Gasteiger partial charge in [-0.25, -0.2) is 13.4 Å². The summed E-state index contributed by atoms with van der Waals surface area (Å²) in [7, 11) is -2.07. The molecule has 0 saturated carbocycles. The second kappa shape index (κ2) is 7.96. The number of sulfonamides is 1. The van der Waals surface area contributed by atoms with Crippen LogP contribution in [0, 0.1) is 6.92 Å². The Morgan fingerprint density at radius 2 is 1.97 bits per heavy atom. The predicted octanol–water partition coefficient (Wildman–Crippen LogP) is 3.29. The lowest BCUT2D eigenvalue weighted by molar-refractivity contribution is 0.266. The predicted molar refractivity (Wildman–Crippen MR) is 110 cm³/mol. The van der Waals surface area contributed by atoms with E-state index < -0.39 is 10.0 Å². The lowest BCUT2D eigenvalue weighted by atomic mass is 10.1. The van der Waals surface area contributed by atoms with Gasteiger partial charge in [0, 0.05) is 55.0 Å². The van der Waals surface area contributed by atoms with Crippen LogP contribution in [0.4, 0.5) is 0 Å². The van der Waals surface area contributed by atoms with Gasteiger partial charge in [0.15, 0.2) is 0 Å². The monoisotopic (exact) mass is 412 g/mol. The van der Waals surface area contributed by atoms with Crippen molar-refractivity contribution in [2.45, 2.75) is 30.7 Å². The summed E-state index contributed by atoms with van der Waals surface area (Å²) >= 11 is 0. The van der Waals surface area contributed by atoms with E-state index in [0.29, 0.717) is 18.8 Å². The molecule has 1 fully saturated rings. The first-order valence-corrected chi connectivity index (χ1v) is 11.0. The highest BCUT2D eigenvalue weighted by molar-refractivity contribution is 7.89. The average molecular weight is 413 g/mol.